The van der Waals surface area contributed by atoms with E-state index in [0.29, 0.717) is 5.56 Å². The average Bonchev–Trinajstić information content (AvgIpc) is 2.58. The van der Waals surface area contributed by atoms with Gasteiger partial charge in [0.1, 0.15) is 6.04 Å². The molecular formula is C20H23NO4. The van der Waals surface area contributed by atoms with Gasteiger partial charge < -0.3 is 15.2 Å². The molecule has 0 fully saturated rings. The van der Waals surface area contributed by atoms with Gasteiger partial charge >= 0.3 is 5.97 Å². The van der Waals surface area contributed by atoms with E-state index in [1.54, 1.807) is 24.3 Å². The first-order chi connectivity index (χ1) is 11.9. The van der Waals surface area contributed by atoms with Gasteiger partial charge in [-0.05, 0) is 36.1 Å². The summed E-state index contributed by atoms with van der Waals surface area (Å²) in [6.45, 7) is 3.87. The standard InChI is InChI=1S/C20H23NO4/c1-13-8-7-9-14(2)16(13)12-17(20(23)24)21-19(22)18(25-3)15-10-5-4-6-11-15/h4-11,17-18H,12H2,1-3H3,(H,21,22)(H,23,24)/t17-,18+/m0/s1. The van der Waals surface area contributed by atoms with Gasteiger partial charge in [-0.2, -0.15) is 0 Å². The topological polar surface area (TPSA) is 75.6 Å². The molecular weight excluding hydrogens is 318 g/mol. The summed E-state index contributed by atoms with van der Waals surface area (Å²) >= 11 is 0. The molecule has 0 saturated carbocycles. The summed E-state index contributed by atoms with van der Waals surface area (Å²) in [4.78, 5) is 24.2. The molecule has 1 amide bonds. The zero-order chi connectivity index (χ0) is 18.4. The van der Waals surface area contributed by atoms with E-state index in [1.807, 2.05) is 38.1 Å². The van der Waals surface area contributed by atoms with Crippen molar-refractivity contribution in [3.63, 3.8) is 0 Å². The molecule has 132 valence electrons. The summed E-state index contributed by atoms with van der Waals surface area (Å²) in [5, 5.41) is 12.1. The third-order valence-corrected chi connectivity index (χ3v) is 4.24. The van der Waals surface area contributed by atoms with Crippen LogP contribution in [0.1, 0.15) is 28.4 Å². The van der Waals surface area contributed by atoms with Crippen molar-refractivity contribution in [2.75, 3.05) is 7.11 Å². The molecule has 25 heavy (non-hydrogen) atoms. The Labute approximate surface area is 147 Å². The van der Waals surface area contributed by atoms with Crippen molar-refractivity contribution in [3.8, 4) is 0 Å². The first-order valence-corrected chi connectivity index (χ1v) is 8.10. The molecule has 0 aliphatic rings. The van der Waals surface area contributed by atoms with E-state index in [1.165, 1.54) is 7.11 Å². The van der Waals surface area contributed by atoms with Crippen LogP contribution in [0.4, 0.5) is 0 Å². The predicted octanol–water partition coefficient (Wildman–Crippen LogP) is 2.80. The van der Waals surface area contributed by atoms with Gasteiger partial charge in [0.2, 0.25) is 0 Å². The number of amides is 1. The molecule has 2 aromatic rings. The van der Waals surface area contributed by atoms with E-state index < -0.39 is 24.0 Å². The molecule has 0 aliphatic heterocycles. The highest BCUT2D eigenvalue weighted by Gasteiger charge is 2.27. The number of carboxylic acid groups (broad SMARTS) is 1. The van der Waals surface area contributed by atoms with Crippen molar-refractivity contribution in [3.05, 3.63) is 70.8 Å². The van der Waals surface area contributed by atoms with E-state index in [-0.39, 0.29) is 6.42 Å². The Hall–Kier alpha value is -2.66. The number of hydrogen-bond acceptors (Lipinski definition) is 3. The third-order valence-electron chi connectivity index (χ3n) is 4.24. The largest absolute Gasteiger partial charge is 0.480 e. The quantitative estimate of drug-likeness (QED) is 0.812. The third kappa shape index (κ3) is 4.67. The van der Waals surface area contributed by atoms with Crippen LogP contribution in [0.15, 0.2) is 48.5 Å². The summed E-state index contributed by atoms with van der Waals surface area (Å²) in [7, 11) is 1.43. The molecule has 0 radical (unpaired) electrons. The molecule has 5 heteroatoms. The minimum atomic E-state index is -1.07. The van der Waals surface area contributed by atoms with Crippen LogP contribution in [-0.4, -0.2) is 30.1 Å². The number of carbonyl (C=O) groups excluding carboxylic acids is 1. The van der Waals surface area contributed by atoms with Crippen LogP contribution in [0.3, 0.4) is 0 Å². The van der Waals surface area contributed by atoms with Gasteiger partial charge in [0.15, 0.2) is 6.10 Å². The number of rotatable bonds is 7. The average molecular weight is 341 g/mol. The molecule has 0 bridgehead atoms. The fourth-order valence-corrected chi connectivity index (χ4v) is 2.84. The van der Waals surface area contributed by atoms with Crippen LogP contribution >= 0.6 is 0 Å². The highest BCUT2D eigenvalue weighted by atomic mass is 16.5. The number of methoxy groups -OCH3 is 1. The van der Waals surface area contributed by atoms with Crippen LogP contribution < -0.4 is 5.32 Å². The maximum Gasteiger partial charge on any atom is 0.326 e. The highest BCUT2D eigenvalue weighted by molar-refractivity contribution is 5.87. The second-order valence-corrected chi connectivity index (χ2v) is 6.00. The van der Waals surface area contributed by atoms with E-state index in [2.05, 4.69) is 5.32 Å². The van der Waals surface area contributed by atoms with Crippen molar-refractivity contribution in [1.82, 2.24) is 5.32 Å². The van der Waals surface area contributed by atoms with Gasteiger partial charge in [-0.3, -0.25) is 4.79 Å². The van der Waals surface area contributed by atoms with Gasteiger partial charge in [0.05, 0.1) is 0 Å². The first kappa shape index (κ1) is 18.7. The fourth-order valence-electron chi connectivity index (χ4n) is 2.84. The second-order valence-electron chi connectivity index (χ2n) is 6.00. The van der Waals surface area contributed by atoms with Crippen molar-refractivity contribution in [2.45, 2.75) is 32.4 Å². The van der Waals surface area contributed by atoms with E-state index in [4.69, 9.17) is 4.74 Å². The zero-order valence-electron chi connectivity index (χ0n) is 14.7. The summed E-state index contributed by atoms with van der Waals surface area (Å²) in [6.07, 6.45) is -0.619. The molecule has 0 aromatic heterocycles. The van der Waals surface area contributed by atoms with Gasteiger partial charge in [-0.1, -0.05) is 48.5 Å². The minimum absolute atomic E-state index is 0.227. The number of hydrogen-bond donors (Lipinski definition) is 2. The summed E-state index contributed by atoms with van der Waals surface area (Å²) in [5.41, 5.74) is 3.63. The van der Waals surface area contributed by atoms with Gasteiger partial charge in [-0.15, -0.1) is 0 Å². The zero-order valence-corrected chi connectivity index (χ0v) is 14.7. The van der Waals surface area contributed by atoms with Gasteiger partial charge in [-0.25, -0.2) is 4.79 Å². The van der Waals surface area contributed by atoms with E-state index in [0.717, 1.165) is 16.7 Å². The summed E-state index contributed by atoms with van der Waals surface area (Å²) in [5.74, 6) is -1.54. The Balaban J connectivity index is 2.18. The Morgan fingerprint density at radius 2 is 1.64 bits per heavy atom. The van der Waals surface area contributed by atoms with Gasteiger partial charge in [0, 0.05) is 13.5 Å². The Bertz CT molecular complexity index is 722. The van der Waals surface area contributed by atoms with Gasteiger partial charge in [0.25, 0.3) is 5.91 Å². The molecule has 2 atom stereocenters. The highest BCUT2D eigenvalue weighted by Crippen LogP contribution is 2.19. The molecule has 0 aliphatic carbocycles. The Morgan fingerprint density at radius 1 is 1.04 bits per heavy atom. The number of carboxylic acids is 1. The number of benzene rings is 2. The number of carbonyl (C=O) groups is 2. The molecule has 0 heterocycles. The molecule has 0 saturated heterocycles. The molecule has 2 rings (SSSR count). The maximum absolute atomic E-state index is 12.6. The summed E-state index contributed by atoms with van der Waals surface area (Å²) in [6, 6.07) is 13.8. The van der Waals surface area contributed by atoms with Crippen LogP contribution in [0.25, 0.3) is 0 Å². The maximum atomic E-state index is 12.6. The van der Waals surface area contributed by atoms with Crippen LogP contribution in [0.2, 0.25) is 0 Å². The second kappa shape index (κ2) is 8.44. The minimum Gasteiger partial charge on any atom is -0.480 e. The van der Waals surface area contributed by atoms with Crippen LogP contribution in [0.5, 0.6) is 0 Å². The molecule has 5 nitrogen and oxygen atoms in total. The van der Waals surface area contributed by atoms with Crippen molar-refractivity contribution < 1.29 is 19.4 Å². The lowest BCUT2D eigenvalue weighted by molar-refractivity contribution is -0.144. The number of aliphatic carboxylic acids is 1. The predicted molar refractivity (Wildman–Crippen MR) is 95.4 cm³/mol. The van der Waals surface area contributed by atoms with E-state index >= 15 is 0 Å². The Morgan fingerprint density at radius 3 is 2.16 bits per heavy atom. The van der Waals surface area contributed by atoms with Crippen LogP contribution in [-0.2, 0) is 20.7 Å². The smallest absolute Gasteiger partial charge is 0.326 e. The fraction of sp³-hybridized carbons (Fsp3) is 0.300. The van der Waals surface area contributed by atoms with Crippen molar-refractivity contribution >= 4 is 11.9 Å². The van der Waals surface area contributed by atoms with Crippen molar-refractivity contribution in [1.29, 1.82) is 0 Å². The monoisotopic (exact) mass is 341 g/mol. The first-order valence-electron chi connectivity index (χ1n) is 8.10. The normalized spacial score (nSPS) is 13.1. The molecule has 0 unspecified atom stereocenters. The lowest BCUT2D eigenvalue weighted by atomic mass is 9.96. The molecule has 2 aromatic carbocycles. The lowest BCUT2D eigenvalue weighted by Gasteiger charge is -2.21. The SMILES string of the molecule is CO[C@@H](C(=O)N[C@@H](Cc1c(C)cccc1C)C(=O)O)c1ccccc1. The lowest BCUT2D eigenvalue weighted by Crippen LogP contribution is -2.45. The number of ether oxygens (including phenoxy) is 1. The van der Waals surface area contributed by atoms with Crippen molar-refractivity contribution in [2.24, 2.45) is 0 Å². The van der Waals surface area contributed by atoms with E-state index in [9.17, 15) is 14.7 Å². The van der Waals surface area contributed by atoms with Crippen LogP contribution in [0, 0.1) is 13.8 Å². The Kier molecular flexibility index (Phi) is 6.31. The summed E-state index contributed by atoms with van der Waals surface area (Å²) < 4.78 is 5.27. The number of aryl methyl sites for hydroxylation is 2. The molecule has 2 N–H and O–H groups in total. The number of nitrogens with one attached hydrogen (secondary N) is 1. The molecule has 0 spiro atoms.